The predicted octanol–water partition coefficient (Wildman–Crippen LogP) is 5.94. The number of fused-ring (bicyclic) bond motifs is 1. The molecule has 7 nitrogen and oxygen atoms in total. The zero-order valence-corrected chi connectivity index (χ0v) is 18.8. The van der Waals surface area contributed by atoms with Crippen molar-refractivity contribution in [2.75, 3.05) is 13.1 Å². The van der Waals surface area contributed by atoms with Gasteiger partial charge in [0.2, 0.25) is 0 Å². The van der Waals surface area contributed by atoms with E-state index in [1.54, 1.807) is 6.07 Å². The molecule has 0 saturated carbocycles. The average molecular weight is 455 g/mol. The summed E-state index contributed by atoms with van der Waals surface area (Å²) in [7, 11) is 0. The van der Waals surface area contributed by atoms with Crippen LogP contribution in [0.15, 0.2) is 77.8 Å². The first kappa shape index (κ1) is 21.9. The van der Waals surface area contributed by atoms with Crippen LogP contribution >= 0.6 is 0 Å². The molecule has 1 saturated heterocycles. The molecule has 0 unspecified atom stereocenters. The molecule has 0 atom stereocenters. The molecule has 2 heterocycles. The van der Waals surface area contributed by atoms with Gasteiger partial charge in [0.15, 0.2) is 5.88 Å². The van der Waals surface area contributed by atoms with Crippen LogP contribution in [0, 0.1) is 10.1 Å². The summed E-state index contributed by atoms with van der Waals surface area (Å²) in [5.41, 5.74) is 4.35. The summed E-state index contributed by atoms with van der Waals surface area (Å²) in [6.45, 7) is 3.12. The third-order valence-corrected chi connectivity index (χ3v) is 6.26. The molecule has 5 rings (SSSR count). The largest absolute Gasteiger partial charge is 0.494 e. The highest BCUT2D eigenvalue weighted by atomic mass is 16.6. The van der Waals surface area contributed by atoms with Gasteiger partial charge in [0, 0.05) is 35.1 Å². The standard InChI is InChI=1S/C27H26N4O3/c32-27-25(23-17-22(31(33)34)12-13-24(23)29-27)26(20-9-3-1-4-10-20)28-21-11-7-8-19(16-21)18-30-14-5-2-6-15-30/h1,3-4,7-13,16-17,29,32H,2,5-6,14-15,18H2. The summed E-state index contributed by atoms with van der Waals surface area (Å²) in [6.07, 6.45) is 3.78. The number of benzene rings is 3. The number of piperidine rings is 1. The fourth-order valence-corrected chi connectivity index (χ4v) is 4.61. The lowest BCUT2D eigenvalue weighted by atomic mass is 10.0. The predicted molar refractivity (Wildman–Crippen MR) is 134 cm³/mol. The number of hydrogen-bond acceptors (Lipinski definition) is 5. The third kappa shape index (κ3) is 4.56. The van der Waals surface area contributed by atoms with Gasteiger partial charge in [0.25, 0.3) is 5.69 Å². The summed E-state index contributed by atoms with van der Waals surface area (Å²) in [4.78, 5) is 21.3. The lowest BCUT2D eigenvalue weighted by Crippen LogP contribution is -2.28. The second-order valence-corrected chi connectivity index (χ2v) is 8.67. The second kappa shape index (κ2) is 9.49. The van der Waals surface area contributed by atoms with E-state index in [-0.39, 0.29) is 11.6 Å². The zero-order chi connectivity index (χ0) is 23.5. The topological polar surface area (TPSA) is 94.8 Å². The van der Waals surface area contributed by atoms with E-state index < -0.39 is 4.92 Å². The second-order valence-electron chi connectivity index (χ2n) is 8.67. The molecular formula is C27H26N4O3. The maximum Gasteiger partial charge on any atom is 0.270 e. The fraction of sp³-hybridized carbons (Fsp3) is 0.222. The van der Waals surface area contributed by atoms with Gasteiger partial charge in [-0.1, -0.05) is 48.9 Å². The van der Waals surface area contributed by atoms with Gasteiger partial charge in [-0.3, -0.25) is 15.0 Å². The SMILES string of the molecule is O=[N+]([O-])c1ccc2[nH]c(O)c(C(=Nc3cccc(CN4CCCCC4)c3)c3ccccc3)c2c1. The minimum atomic E-state index is -0.434. The number of nitro benzene ring substituents is 1. The van der Waals surface area contributed by atoms with Crippen molar-refractivity contribution in [3.8, 4) is 5.88 Å². The van der Waals surface area contributed by atoms with E-state index >= 15 is 0 Å². The minimum Gasteiger partial charge on any atom is -0.494 e. The quantitative estimate of drug-likeness (QED) is 0.214. The van der Waals surface area contributed by atoms with Crippen LogP contribution < -0.4 is 0 Å². The molecule has 0 amide bonds. The summed E-state index contributed by atoms with van der Waals surface area (Å²) < 4.78 is 0. The maximum atomic E-state index is 11.4. The molecule has 1 aliphatic heterocycles. The highest BCUT2D eigenvalue weighted by Gasteiger charge is 2.21. The van der Waals surface area contributed by atoms with Gasteiger partial charge in [0.1, 0.15) is 0 Å². The van der Waals surface area contributed by atoms with Gasteiger partial charge in [-0.25, -0.2) is 4.99 Å². The van der Waals surface area contributed by atoms with Crippen LogP contribution in [-0.4, -0.2) is 38.7 Å². The number of rotatable bonds is 6. The maximum absolute atomic E-state index is 11.4. The van der Waals surface area contributed by atoms with Gasteiger partial charge in [-0.05, 0) is 49.7 Å². The zero-order valence-electron chi connectivity index (χ0n) is 18.8. The van der Waals surface area contributed by atoms with E-state index in [4.69, 9.17) is 4.99 Å². The van der Waals surface area contributed by atoms with Crippen LogP contribution in [0.4, 0.5) is 11.4 Å². The Kier molecular flexibility index (Phi) is 6.10. The van der Waals surface area contributed by atoms with Crippen LogP contribution in [0.3, 0.4) is 0 Å². The molecule has 0 radical (unpaired) electrons. The molecule has 0 spiro atoms. The Hall–Kier alpha value is -3.97. The Labute approximate surface area is 197 Å². The Balaban J connectivity index is 1.61. The third-order valence-electron chi connectivity index (χ3n) is 6.26. The van der Waals surface area contributed by atoms with Crippen LogP contribution in [0.25, 0.3) is 10.9 Å². The molecule has 1 aliphatic rings. The van der Waals surface area contributed by atoms with Crippen molar-refractivity contribution in [1.82, 2.24) is 9.88 Å². The van der Waals surface area contributed by atoms with Crippen molar-refractivity contribution in [2.24, 2.45) is 4.99 Å². The Morgan fingerprint density at radius 2 is 1.79 bits per heavy atom. The minimum absolute atomic E-state index is 0.0382. The van der Waals surface area contributed by atoms with Gasteiger partial charge in [-0.15, -0.1) is 0 Å². The number of aliphatic imine (C=N–C) groups is 1. The van der Waals surface area contributed by atoms with Crippen molar-refractivity contribution < 1.29 is 10.0 Å². The van der Waals surface area contributed by atoms with E-state index in [0.717, 1.165) is 30.9 Å². The highest BCUT2D eigenvalue weighted by molar-refractivity contribution is 6.22. The number of nitrogens with one attached hydrogen (secondary N) is 1. The van der Waals surface area contributed by atoms with E-state index in [1.807, 2.05) is 42.5 Å². The van der Waals surface area contributed by atoms with Crippen LogP contribution in [-0.2, 0) is 6.54 Å². The normalized spacial score (nSPS) is 15.0. The summed E-state index contributed by atoms with van der Waals surface area (Å²) in [5.74, 6) is -0.0671. The highest BCUT2D eigenvalue weighted by Crippen LogP contribution is 2.33. The van der Waals surface area contributed by atoms with Crippen molar-refractivity contribution >= 4 is 28.0 Å². The van der Waals surface area contributed by atoms with Crippen molar-refractivity contribution in [1.29, 1.82) is 0 Å². The average Bonchev–Trinajstić information content (AvgIpc) is 3.18. The molecule has 34 heavy (non-hydrogen) atoms. The van der Waals surface area contributed by atoms with Crippen LogP contribution in [0.5, 0.6) is 5.88 Å². The van der Waals surface area contributed by atoms with Crippen molar-refractivity contribution in [3.63, 3.8) is 0 Å². The number of H-pyrrole nitrogens is 1. The molecule has 172 valence electrons. The smallest absolute Gasteiger partial charge is 0.270 e. The summed E-state index contributed by atoms with van der Waals surface area (Å²) in [6, 6.07) is 22.2. The number of aromatic amines is 1. The first-order chi connectivity index (χ1) is 16.6. The van der Waals surface area contributed by atoms with E-state index in [2.05, 4.69) is 22.0 Å². The Morgan fingerprint density at radius 1 is 1.00 bits per heavy atom. The Morgan fingerprint density at radius 3 is 2.56 bits per heavy atom. The fourth-order valence-electron chi connectivity index (χ4n) is 4.61. The van der Waals surface area contributed by atoms with Gasteiger partial charge in [-0.2, -0.15) is 0 Å². The molecule has 0 bridgehead atoms. The number of nitrogens with zero attached hydrogens (tertiary/aromatic N) is 3. The number of aromatic hydroxyl groups is 1. The Bertz CT molecular complexity index is 1360. The van der Waals surface area contributed by atoms with Crippen LogP contribution in [0.2, 0.25) is 0 Å². The van der Waals surface area contributed by atoms with Crippen molar-refractivity contribution in [2.45, 2.75) is 25.8 Å². The van der Waals surface area contributed by atoms with Crippen LogP contribution in [0.1, 0.15) is 36.0 Å². The molecule has 0 aliphatic carbocycles. The van der Waals surface area contributed by atoms with E-state index in [1.165, 1.54) is 37.0 Å². The molecule has 1 fully saturated rings. The lowest BCUT2D eigenvalue weighted by molar-refractivity contribution is -0.384. The molecule has 1 aromatic heterocycles. The van der Waals surface area contributed by atoms with E-state index in [9.17, 15) is 15.2 Å². The summed E-state index contributed by atoms with van der Waals surface area (Å²) in [5, 5.41) is 22.8. The van der Waals surface area contributed by atoms with E-state index in [0.29, 0.717) is 22.2 Å². The molecular weight excluding hydrogens is 428 g/mol. The molecule has 2 N–H and O–H groups in total. The lowest BCUT2D eigenvalue weighted by Gasteiger charge is -2.26. The number of nitro groups is 1. The van der Waals surface area contributed by atoms with Gasteiger partial charge in [0.05, 0.1) is 21.9 Å². The monoisotopic (exact) mass is 454 g/mol. The summed E-state index contributed by atoms with van der Waals surface area (Å²) >= 11 is 0. The number of likely N-dealkylation sites (tertiary alicyclic amines) is 1. The molecule has 7 heteroatoms. The molecule has 3 aromatic carbocycles. The molecule has 4 aromatic rings. The number of aromatic nitrogens is 1. The first-order valence-corrected chi connectivity index (χ1v) is 11.5. The number of non-ortho nitro benzene ring substituents is 1. The van der Waals surface area contributed by atoms with Crippen molar-refractivity contribution in [3.05, 3.63) is 99.6 Å². The van der Waals surface area contributed by atoms with Gasteiger partial charge >= 0.3 is 0 Å². The van der Waals surface area contributed by atoms with Gasteiger partial charge < -0.3 is 10.1 Å². The first-order valence-electron chi connectivity index (χ1n) is 11.5. The number of hydrogen-bond donors (Lipinski definition) is 2.